The van der Waals surface area contributed by atoms with Gasteiger partial charge in [-0.2, -0.15) is 0 Å². The Morgan fingerprint density at radius 2 is 2.31 bits per heavy atom. The Morgan fingerprint density at radius 1 is 1.62 bits per heavy atom. The van der Waals surface area contributed by atoms with E-state index in [9.17, 15) is 0 Å². The molecule has 78 valence electrons. The van der Waals surface area contributed by atoms with E-state index in [4.69, 9.17) is 20.8 Å². The lowest BCUT2D eigenvalue weighted by atomic mass is 10.3. The summed E-state index contributed by atoms with van der Waals surface area (Å²) >= 11 is 0. The van der Waals surface area contributed by atoms with Gasteiger partial charge in [-0.05, 0) is 6.92 Å². The van der Waals surface area contributed by atoms with Gasteiger partial charge in [-0.25, -0.2) is 0 Å². The molecule has 1 atom stereocenters. The first kappa shape index (κ1) is 12.2. The summed E-state index contributed by atoms with van der Waals surface area (Å²) in [6, 6.07) is -0.178. The van der Waals surface area contributed by atoms with Crippen molar-refractivity contribution in [1.82, 2.24) is 5.32 Å². The topological polar surface area (TPSA) is 100 Å². The molecule has 0 spiro atoms. The van der Waals surface area contributed by atoms with Crippen LogP contribution in [0.15, 0.2) is 5.16 Å². The van der Waals surface area contributed by atoms with Gasteiger partial charge in [-0.3, -0.25) is 0 Å². The van der Waals surface area contributed by atoms with E-state index >= 15 is 0 Å². The molecule has 6 heteroatoms. The van der Waals surface area contributed by atoms with Crippen LogP contribution in [0.4, 0.5) is 0 Å². The molecule has 0 bridgehead atoms. The Labute approximate surface area is 77.4 Å². The number of aliphatic hydroxyl groups excluding tert-OH is 1. The Morgan fingerprint density at radius 3 is 2.85 bits per heavy atom. The summed E-state index contributed by atoms with van der Waals surface area (Å²) in [6.45, 7) is 3.22. The number of hydrogen-bond donors (Lipinski definition) is 4. The fourth-order valence-electron chi connectivity index (χ4n) is 0.705. The third-order valence-corrected chi connectivity index (χ3v) is 1.49. The van der Waals surface area contributed by atoms with Crippen molar-refractivity contribution in [3.63, 3.8) is 0 Å². The standard InChI is InChI=1S/C7H17N3O3/c1-6(7(8)10-12)9-2-4-13-5-3-11/h6,9,11-12H,2-5H2,1H3,(H2,8,10). The number of ether oxygens (including phenoxy) is 1. The number of hydrogen-bond acceptors (Lipinski definition) is 5. The van der Waals surface area contributed by atoms with Crippen LogP contribution in [0.3, 0.4) is 0 Å². The van der Waals surface area contributed by atoms with E-state index in [-0.39, 0.29) is 18.5 Å². The van der Waals surface area contributed by atoms with Gasteiger partial charge in [-0.1, -0.05) is 5.16 Å². The van der Waals surface area contributed by atoms with E-state index < -0.39 is 0 Å². The molecule has 0 aliphatic rings. The van der Waals surface area contributed by atoms with Crippen molar-refractivity contribution in [3.05, 3.63) is 0 Å². The maximum absolute atomic E-state index is 8.38. The minimum absolute atomic E-state index is 0.0236. The van der Waals surface area contributed by atoms with Crippen molar-refractivity contribution in [2.75, 3.05) is 26.4 Å². The third kappa shape index (κ3) is 6.32. The quantitative estimate of drug-likeness (QED) is 0.132. The van der Waals surface area contributed by atoms with Crippen molar-refractivity contribution in [3.8, 4) is 0 Å². The highest BCUT2D eigenvalue weighted by molar-refractivity contribution is 5.84. The average molecular weight is 191 g/mol. The van der Waals surface area contributed by atoms with Crippen LogP contribution in [-0.2, 0) is 4.74 Å². The number of nitrogens with zero attached hydrogens (tertiary/aromatic N) is 1. The second kappa shape index (κ2) is 7.78. The van der Waals surface area contributed by atoms with Gasteiger partial charge in [0, 0.05) is 6.54 Å². The molecule has 0 aromatic rings. The minimum atomic E-state index is -0.178. The summed E-state index contributed by atoms with van der Waals surface area (Å²) in [4.78, 5) is 0. The molecule has 0 heterocycles. The zero-order valence-corrected chi connectivity index (χ0v) is 7.73. The Balaban J connectivity index is 3.32. The number of nitrogens with one attached hydrogen (secondary N) is 1. The lowest BCUT2D eigenvalue weighted by Crippen LogP contribution is -2.40. The molecule has 13 heavy (non-hydrogen) atoms. The van der Waals surface area contributed by atoms with Crippen LogP contribution in [0, 0.1) is 0 Å². The van der Waals surface area contributed by atoms with E-state index in [1.54, 1.807) is 6.92 Å². The zero-order valence-electron chi connectivity index (χ0n) is 7.73. The van der Waals surface area contributed by atoms with Crippen LogP contribution in [0.25, 0.3) is 0 Å². The van der Waals surface area contributed by atoms with Gasteiger partial charge in [0.25, 0.3) is 0 Å². The molecular weight excluding hydrogens is 174 g/mol. The number of nitrogens with two attached hydrogens (primary N) is 1. The Kier molecular flexibility index (Phi) is 7.27. The van der Waals surface area contributed by atoms with Crippen LogP contribution in [0.5, 0.6) is 0 Å². The molecule has 0 aromatic heterocycles. The predicted molar refractivity (Wildman–Crippen MR) is 48.8 cm³/mol. The second-order valence-electron chi connectivity index (χ2n) is 2.54. The third-order valence-electron chi connectivity index (χ3n) is 1.49. The van der Waals surface area contributed by atoms with Crippen molar-refractivity contribution >= 4 is 5.84 Å². The normalized spacial score (nSPS) is 14.5. The molecule has 0 saturated heterocycles. The first-order valence-corrected chi connectivity index (χ1v) is 4.11. The molecule has 0 radical (unpaired) electrons. The van der Waals surface area contributed by atoms with Gasteiger partial charge in [-0.15, -0.1) is 0 Å². The zero-order chi connectivity index (χ0) is 10.1. The van der Waals surface area contributed by atoms with Crippen LogP contribution in [0.1, 0.15) is 6.92 Å². The summed E-state index contributed by atoms with van der Waals surface area (Å²) in [5.41, 5.74) is 5.31. The summed E-state index contributed by atoms with van der Waals surface area (Å²) in [7, 11) is 0. The molecule has 0 amide bonds. The highest BCUT2D eigenvalue weighted by atomic mass is 16.5. The van der Waals surface area contributed by atoms with Crippen LogP contribution < -0.4 is 11.1 Å². The maximum Gasteiger partial charge on any atom is 0.156 e. The fourth-order valence-corrected chi connectivity index (χ4v) is 0.705. The molecule has 0 aliphatic carbocycles. The smallest absolute Gasteiger partial charge is 0.156 e. The number of rotatable bonds is 7. The van der Waals surface area contributed by atoms with Crippen LogP contribution >= 0.6 is 0 Å². The van der Waals surface area contributed by atoms with Gasteiger partial charge in [0.1, 0.15) is 0 Å². The van der Waals surface area contributed by atoms with Gasteiger partial charge >= 0.3 is 0 Å². The largest absolute Gasteiger partial charge is 0.409 e. The highest BCUT2D eigenvalue weighted by Crippen LogP contribution is 1.81. The Hall–Kier alpha value is -0.850. The van der Waals surface area contributed by atoms with Crippen LogP contribution in [0.2, 0.25) is 0 Å². The lowest BCUT2D eigenvalue weighted by Gasteiger charge is -2.11. The SMILES string of the molecule is CC(NCCOCCO)C(N)=NO. The molecular formula is C7H17N3O3. The minimum Gasteiger partial charge on any atom is -0.409 e. The molecule has 1 unspecified atom stereocenters. The summed E-state index contributed by atoms with van der Waals surface area (Å²) in [5, 5.41) is 22.5. The van der Waals surface area contributed by atoms with Gasteiger partial charge in [0.05, 0.1) is 25.9 Å². The van der Waals surface area contributed by atoms with Crippen molar-refractivity contribution < 1.29 is 15.1 Å². The molecule has 0 aliphatic heterocycles. The Bertz CT molecular complexity index is 152. The molecule has 5 N–H and O–H groups in total. The molecule has 0 fully saturated rings. The summed E-state index contributed by atoms with van der Waals surface area (Å²) in [6.07, 6.45) is 0. The van der Waals surface area contributed by atoms with Gasteiger partial charge in [0.15, 0.2) is 5.84 Å². The highest BCUT2D eigenvalue weighted by Gasteiger charge is 2.04. The van der Waals surface area contributed by atoms with E-state index in [1.165, 1.54) is 0 Å². The fraction of sp³-hybridized carbons (Fsp3) is 0.857. The molecule has 0 saturated carbocycles. The summed E-state index contributed by atoms with van der Waals surface area (Å²) < 4.78 is 4.99. The predicted octanol–water partition coefficient (Wildman–Crippen LogP) is -1.28. The van der Waals surface area contributed by atoms with Crippen molar-refractivity contribution in [2.24, 2.45) is 10.9 Å². The first-order valence-electron chi connectivity index (χ1n) is 4.11. The van der Waals surface area contributed by atoms with Gasteiger partial charge < -0.3 is 26.1 Å². The van der Waals surface area contributed by atoms with Crippen molar-refractivity contribution in [1.29, 1.82) is 0 Å². The lowest BCUT2D eigenvalue weighted by molar-refractivity contribution is 0.0936. The molecule has 0 aromatic carbocycles. The van der Waals surface area contributed by atoms with Gasteiger partial charge in [0.2, 0.25) is 0 Å². The maximum atomic E-state index is 8.38. The first-order chi connectivity index (χ1) is 6.22. The molecule has 0 rings (SSSR count). The van der Waals surface area contributed by atoms with E-state index in [2.05, 4.69) is 10.5 Å². The number of aliphatic hydroxyl groups is 1. The summed E-state index contributed by atoms with van der Waals surface area (Å²) in [5.74, 6) is 0.141. The second-order valence-corrected chi connectivity index (χ2v) is 2.54. The van der Waals surface area contributed by atoms with Crippen molar-refractivity contribution in [2.45, 2.75) is 13.0 Å². The monoisotopic (exact) mass is 191 g/mol. The van der Waals surface area contributed by atoms with Crippen LogP contribution in [-0.4, -0.2) is 48.6 Å². The van der Waals surface area contributed by atoms with E-state index in [1.807, 2.05) is 0 Å². The number of oxime groups is 1. The average Bonchev–Trinajstić information content (AvgIpc) is 2.16. The van der Waals surface area contributed by atoms with E-state index in [0.29, 0.717) is 19.8 Å². The van der Waals surface area contributed by atoms with E-state index in [0.717, 1.165) is 0 Å². The number of amidine groups is 1. The molecule has 6 nitrogen and oxygen atoms in total.